The summed E-state index contributed by atoms with van der Waals surface area (Å²) in [6.07, 6.45) is 0. The standard InChI is InChI=1S/C6H6.CH4.2BrH.Mg/c1-2-4-6-5-3-1;;;;/h1-6H;1H4;2*1H;/q;;;;+2/p-2. The molecule has 0 aliphatic rings. The first kappa shape index (κ1) is 22.4. The van der Waals surface area contributed by atoms with Gasteiger partial charge in [-0.25, -0.2) is 0 Å². The van der Waals surface area contributed by atoms with Gasteiger partial charge in [-0.1, -0.05) is 43.8 Å². The summed E-state index contributed by atoms with van der Waals surface area (Å²) in [4.78, 5) is 0. The van der Waals surface area contributed by atoms with E-state index in [1.807, 2.05) is 36.4 Å². The molecule has 0 heterocycles. The summed E-state index contributed by atoms with van der Waals surface area (Å²) in [5, 5.41) is 0. The maximum Gasteiger partial charge on any atom is 2.00 e. The largest absolute Gasteiger partial charge is 2.00 e. The van der Waals surface area contributed by atoms with Gasteiger partial charge in [-0.2, -0.15) is 0 Å². The SMILES string of the molecule is C.[Br-].[Br-].[Mg+2].c1ccccc1. The Balaban J connectivity index is -0.0000000450. The van der Waals surface area contributed by atoms with Gasteiger partial charge in [0, 0.05) is 0 Å². The molecule has 0 N–H and O–H groups in total. The summed E-state index contributed by atoms with van der Waals surface area (Å²) in [5.74, 6) is 0. The molecule has 1 aromatic carbocycles. The fourth-order valence-electron chi connectivity index (χ4n) is 0.385. The van der Waals surface area contributed by atoms with E-state index in [-0.39, 0.29) is 64.4 Å². The predicted octanol–water partition coefficient (Wildman–Crippen LogP) is -4.05. The molecule has 0 amide bonds. The molecular formula is C7H10Br2Mg. The van der Waals surface area contributed by atoms with Crippen LogP contribution < -0.4 is 34.0 Å². The van der Waals surface area contributed by atoms with Crippen molar-refractivity contribution in [2.24, 2.45) is 0 Å². The van der Waals surface area contributed by atoms with Crippen LogP contribution in [-0.2, 0) is 0 Å². The van der Waals surface area contributed by atoms with Crippen molar-refractivity contribution in [1.82, 2.24) is 0 Å². The van der Waals surface area contributed by atoms with E-state index in [1.165, 1.54) is 0 Å². The molecule has 10 heavy (non-hydrogen) atoms. The third-order valence-electron chi connectivity index (χ3n) is 0.667. The van der Waals surface area contributed by atoms with E-state index in [2.05, 4.69) is 0 Å². The van der Waals surface area contributed by atoms with Gasteiger partial charge in [0.15, 0.2) is 0 Å². The van der Waals surface area contributed by atoms with Crippen LogP contribution >= 0.6 is 0 Å². The van der Waals surface area contributed by atoms with E-state index in [9.17, 15) is 0 Å². The Morgan fingerprint density at radius 2 is 0.600 bits per heavy atom. The fourth-order valence-corrected chi connectivity index (χ4v) is 0.385. The van der Waals surface area contributed by atoms with E-state index in [4.69, 9.17) is 0 Å². The molecule has 0 unspecified atom stereocenters. The van der Waals surface area contributed by atoms with E-state index < -0.39 is 0 Å². The van der Waals surface area contributed by atoms with Crippen LogP contribution in [0.4, 0.5) is 0 Å². The second-order valence-electron chi connectivity index (χ2n) is 1.15. The zero-order valence-corrected chi connectivity index (χ0v) is 9.51. The second-order valence-corrected chi connectivity index (χ2v) is 1.15. The van der Waals surface area contributed by atoms with Gasteiger partial charge >= 0.3 is 23.1 Å². The summed E-state index contributed by atoms with van der Waals surface area (Å²) in [7, 11) is 0. The molecule has 3 heteroatoms. The molecule has 0 aliphatic heterocycles. The Bertz CT molecular complexity index is 83.5. The van der Waals surface area contributed by atoms with Gasteiger partial charge in [0.1, 0.15) is 0 Å². The van der Waals surface area contributed by atoms with Crippen LogP contribution in [0.1, 0.15) is 7.43 Å². The summed E-state index contributed by atoms with van der Waals surface area (Å²) in [5.41, 5.74) is 0. The molecule has 0 atom stereocenters. The molecule has 0 bridgehead atoms. The molecule has 0 nitrogen and oxygen atoms in total. The minimum atomic E-state index is 0. The summed E-state index contributed by atoms with van der Waals surface area (Å²) in [6, 6.07) is 12.0. The molecule has 1 rings (SSSR count). The van der Waals surface area contributed by atoms with Crippen LogP contribution in [0.25, 0.3) is 0 Å². The van der Waals surface area contributed by atoms with Crippen LogP contribution in [0.3, 0.4) is 0 Å². The van der Waals surface area contributed by atoms with E-state index in [0.717, 1.165) is 0 Å². The Morgan fingerprint density at radius 1 is 0.500 bits per heavy atom. The van der Waals surface area contributed by atoms with Crippen molar-refractivity contribution >= 4 is 23.1 Å². The zero-order valence-electron chi connectivity index (χ0n) is 4.93. The number of hydrogen-bond donors (Lipinski definition) is 0. The average molecular weight is 278 g/mol. The van der Waals surface area contributed by atoms with E-state index in [0.29, 0.717) is 0 Å². The normalized spacial score (nSPS) is 4.80. The minimum Gasteiger partial charge on any atom is -1.00 e. The molecule has 0 aliphatic carbocycles. The van der Waals surface area contributed by atoms with Crippen LogP contribution in [0.15, 0.2) is 36.4 Å². The molecule has 0 saturated heterocycles. The second kappa shape index (κ2) is 16.5. The van der Waals surface area contributed by atoms with Gasteiger partial charge in [-0.15, -0.1) is 0 Å². The van der Waals surface area contributed by atoms with Crippen LogP contribution in [0.2, 0.25) is 0 Å². The summed E-state index contributed by atoms with van der Waals surface area (Å²) < 4.78 is 0. The van der Waals surface area contributed by atoms with Gasteiger partial charge < -0.3 is 34.0 Å². The van der Waals surface area contributed by atoms with Crippen molar-refractivity contribution in [3.05, 3.63) is 36.4 Å². The van der Waals surface area contributed by atoms with E-state index in [1.54, 1.807) is 0 Å². The van der Waals surface area contributed by atoms with Gasteiger partial charge in [0.2, 0.25) is 0 Å². The first-order valence-electron chi connectivity index (χ1n) is 2.00. The van der Waals surface area contributed by atoms with Crippen molar-refractivity contribution in [3.63, 3.8) is 0 Å². The Morgan fingerprint density at radius 3 is 0.700 bits per heavy atom. The molecular weight excluding hydrogens is 268 g/mol. The van der Waals surface area contributed by atoms with E-state index >= 15 is 0 Å². The van der Waals surface area contributed by atoms with Crippen LogP contribution in [0.5, 0.6) is 0 Å². The van der Waals surface area contributed by atoms with Gasteiger partial charge in [-0.3, -0.25) is 0 Å². The summed E-state index contributed by atoms with van der Waals surface area (Å²) in [6.45, 7) is 0. The third-order valence-corrected chi connectivity index (χ3v) is 0.667. The molecule has 0 fully saturated rings. The Hall–Kier alpha value is 0.946. The van der Waals surface area contributed by atoms with Crippen LogP contribution in [0, 0.1) is 0 Å². The predicted molar refractivity (Wildman–Crippen MR) is 38.9 cm³/mol. The van der Waals surface area contributed by atoms with Gasteiger partial charge in [0.25, 0.3) is 0 Å². The van der Waals surface area contributed by atoms with Crippen molar-refractivity contribution in [2.75, 3.05) is 0 Å². The molecule has 0 aromatic heterocycles. The average Bonchev–Trinajstić information content (AvgIpc) is 1.72. The Kier molecular flexibility index (Phi) is 37.0. The van der Waals surface area contributed by atoms with Crippen molar-refractivity contribution in [3.8, 4) is 0 Å². The molecule has 0 spiro atoms. The fraction of sp³-hybridized carbons (Fsp3) is 0.143. The van der Waals surface area contributed by atoms with Gasteiger partial charge in [-0.05, 0) is 0 Å². The maximum atomic E-state index is 2.00. The smallest absolute Gasteiger partial charge is 1.00 e. The topological polar surface area (TPSA) is 0 Å². The van der Waals surface area contributed by atoms with Crippen molar-refractivity contribution in [1.29, 1.82) is 0 Å². The molecule has 0 radical (unpaired) electrons. The number of halogens is 2. The van der Waals surface area contributed by atoms with Crippen molar-refractivity contribution in [2.45, 2.75) is 7.43 Å². The first-order valence-corrected chi connectivity index (χ1v) is 2.00. The number of rotatable bonds is 0. The monoisotopic (exact) mass is 276 g/mol. The quantitative estimate of drug-likeness (QED) is 0.424. The minimum absolute atomic E-state index is 0. The zero-order chi connectivity index (χ0) is 4.24. The first-order chi connectivity index (χ1) is 3.00. The summed E-state index contributed by atoms with van der Waals surface area (Å²) >= 11 is 0. The van der Waals surface area contributed by atoms with Gasteiger partial charge in [0.05, 0.1) is 0 Å². The Labute approximate surface area is 100 Å². The van der Waals surface area contributed by atoms with Crippen molar-refractivity contribution < 1.29 is 34.0 Å². The molecule has 0 saturated carbocycles. The number of hydrogen-bond acceptors (Lipinski definition) is 0. The maximum absolute atomic E-state index is 2.00. The third kappa shape index (κ3) is 11.7. The number of benzene rings is 1. The molecule has 1 aromatic rings. The molecule has 54 valence electrons. The van der Waals surface area contributed by atoms with Crippen LogP contribution in [-0.4, -0.2) is 23.1 Å².